The highest BCUT2D eigenvalue weighted by Gasteiger charge is 2.43. The fourth-order valence-electron chi connectivity index (χ4n) is 3.59. The van der Waals surface area contributed by atoms with Crippen LogP contribution >= 0.6 is 11.6 Å². The predicted molar refractivity (Wildman–Crippen MR) is 83.5 cm³/mol. The van der Waals surface area contributed by atoms with E-state index in [1.807, 2.05) is 0 Å². The molecule has 10 heteroatoms. The van der Waals surface area contributed by atoms with Gasteiger partial charge in [-0.25, -0.2) is 9.78 Å². The van der Waals surface area contributed by atoms with Gasteiger partial charge in [-0.2, -0.15) is 0 Å². The minimum Gasteiger partial charge on any atom is -0.465 e. The number of nitrogens with one attached hydrogen (secondary N) is 1. The first-order valence-electron chi connectivity index (χ1n) is 7.19. The second-order valence-electron chi connectivity index (χ2n) is 5.99. The largest absolute Gasteiger partial charge is 0.465 e. The maximum atomic E-state index is 11.2. The third kappa shape index (κ3) is 2.83. The van der Waals surface area contributed by atoms with E-state index in [0.29, 0.717) is 13.1 Å². The number of hydrogen-bond donors (Lipinski definition) is 3. The van der Waals surface area contributed by atoms with Crippen molar-refractivity contribution < 1.29 is 14.8 Å². The Labute approximate surface area is 136 Å². The third-order valence-corrected chi connectivity index (χ3v) is 4.87. The number of rotatable bonds is 3. The van der Waals surface area contributed by atoms with E-state index in [2.05, 4.69) is 10.3 Å². The molecule has 4 N–H and O–H groups in total. The van der Waals surface area contributed by atoms with Gasteiger partial charge in [-0.15, -0.1) is 0 Å². The minimum atomic E-state index is -0.899. The fourth-order valence-corrected chi connectivity index (χ4v) is 3.79. The monoisotopic (exact) mass is 341 g/mol. The average molecular weight is 342 g/mol. The van der Waals surface area contributed by atoms with Gasteiger partial charge in [0.05, 0.1) is 16.1 Å². The van der Waals surface area contributed by atoms with E-state index < -0.39 is 11.0 Å². The van der Waals surface area contributed by atoms with E-state index in [1.165, 1.54) is 11.1 Å². The number of nitrogen functional groups attached to an aromatic ring is 1. The summed E-state index contributed by atoms with van der Waals surface area (Å²) < 4.78 is 0. The second-order valence-corrected chi connectivity index (χ2v) is 6.40. The van der Waals surface area contributed by atoms with Crippen molar-refractivity contribution in [1.82, 2.24) is 9.88 Å². The highest BCUT2D eigenvalue weighted by atomic mass is 35.5. The van der Waals surface area contributed by atoms with Gasteiger partial charge in [0, 0.05) is 19.1 Å². The summed E-state index contributed by atoms with van der Waals surface area (Å²) in [6.07, 6.45) is 1.87. The zero-order chi connectivity index (χ0) is 16.7. The summed E-state index contributed by atoms with van der Waals surface area (Å²) in [6, 6.07) is -0.000977. The van der Waals surface area contributed by atoms with E-state index in [0.717, 1.165) is 12.8 Å². The van der Waals surface area contributed by atoms with E-state index in [9.17, 15) is 14.9 Å². The number of anilines is 2. The van der Waals surface area contributed by atoms with E-state index in [1.54, 1.807) is 0 Å². The molecule has 1 amide bonds. The maximum absolute atomic E-state index is 11.2. The normalized spacial score (nSPS) is 26.1. The van der Waals surface area contributed by atoms with Gasteiger partial charge in [0.1, 0.15) is 5.69 Å². The lowest BCUT2D eigenvalue weighted by Crippen LogP contribution is -2.29. The van der Waals surface area contributed by atoms with Crippen LogP contribution in [0, 0.1) is 22.0 Å². The molecule has 2 aliphatic rings. The van der Waals surface area contributed by atoms with Gasteiger partial charge in [0.25, 0.3) is 0 Å². The van der Waals surface area contributed by atoms with Gasteiger partial charge in [0.2, 0.25) is 5.82 Å². The van der Waals surface area contributed by atoms with Crippen molar-refractivity contribution >= 4 is 34.9 Å². The lowest BCUT2D eigenvalue weighted by Gasteiger charge is -2.19. The molecule has 2 atom stereocenters. The number of fused-ring (bicyclic) bond motifs is 1. The zero-order valence-electron chi connectivity index (χ0n) is 12.1. The van der Waals surface area contributed by atoms with Gasteiger partial charge in [-0.3, -0.25) is 10.1 Å². The molecule has 1 aromatic heterocycles. The van der Waals surface area contributed by atoms with Crippen LogP contribution in [0.1, 0.15) is 12.8 Å². The number of hydrogen-bond acceptors (Lipinski definition) is 6. The lowest BCUT2D eigenvalue weighted by atomic mass is 10.0. The molecule has 124 valence electrons. The van der Waals surface area contributed by atoms with Crippen LogP contribution in [0.4, 0.5) is 22.0 Å². The van der Waals surface area contributed by atoms with Gasteiger partial charge in [0.15, 0.2) is 0 Å². The summed E-state index contributed by atoms with van der Waals surface area (Å²) in [5.74, 6) is 0.346. The first-order valence-corrected chi connectivity index (χ1v) is 7.57. The topological polar surface area (TPSA) is 135 Å². The molecule has 2 heterocycles. The van der Waals surface area contributed by atoms with Gasteiger partial charge >= 0.3 is 11.8 Å². The Balaban J connectivity index is 1.75. The number of carbonyl (C=O) groups is 1. The SMILES string of the molecule is Nc1ncc(Cl)c(NC2CC3CN(C(=O)O)CC3C2)c1[N+](=O)[O-]. The number of nitrogens with zero attached hydrogens (tertiary/aromatic N) is 3. The molecule has 1 saturated carbocycles. The van der Waals surface area contributed by atoms with E-state index >= 15 is 0 Å². The molecule has 0 aromatic carbocycles. The number of halogens is 1. The molecule has 23 heavy (non-hydrogen) atoms. The molecule has 9 nitrogen and oxygen atoms in total. The quantitative estimate of drug-likeness (QED) is 0.565. The summed E-state index contributed by atoms with van der Waals surface area (Å²) in [5.41, 5.74) is 5.45. The molecule has 3 rings (SSSR count). The fraction of sp³-hybridized carbons (Fsp3) is 0.538. The molecule has 2 unspecified atom stereocenters. The number of pyridine rings is 1. The molecule has 1 saturated heterocycles. The Kier molecular flexibility index (Phi) is 3.88. The number of aromatic nitrogens is 1. The minimum absolute atomic E-state index is 0.000977. The number of nitrogens with two attached hydrogens (primary N) is 1. The van der Waals surface area contributed by atoms with Crippen LogP contribution in [0.5, 0.6) is 0 Å². The Bertz CT molecular complexity index is 656. The smallest absolute Gasteiger partial charge is 0.407 e. The van der Waals surface area contributed by atoms with Gasteiger partial charge in [-0.05, 0) is 24.7 Å². The van der Waals surface area contributed by atoms with Crippen LogP contribution in [-0.4, -0.2) is 45.1 Å². The number of likely N-dealkylation sites (tertiary alicyclic amines) is 1. The van der Waals surface area contributed by atoms with Crippen LogP contribution < -0.4 is 11.1 Å². The summed E-state index contributed by atoms with van der Waals surface area (Å²) in [4.78, 5) is 26.7. The van der Waals surface area contributed by atoms with Gasteiger partial charge in [-0.1, -0.05) is 11.6 Å². The molecular formula is C13H16ClN5O4. The second kappa shape index (κ2) is 5.73. The number of carboxylic acid groups (broad SMARTS) is 1. The van der Waals surface area contributed by atoms with E-state index in [4.69, 9.17) is 22.4 Å². The van der Waals surface area contributed by atoms with Crippen molar-refractivity contribution in [3.8, 4) is 0 Å². The third-order valence-electron chi connectivity index (χ3n) is 4.59. The summed E-state index contributed by atoms with van der Waals surface area (Å²) >= 11 is 6.04. The standard InChI is InChI=1S/C13H16ClN5O4/c14-9-3-16-12(15)11(19(22)23)10(9)17-8-1-6-4-18(13(20)21)5-7(6)2-8/h3,6-8H,1-2,4-5H2,(H,20,21)(H3,15,16,17). The Morgan fingerprint density at radius 3 is 2.61 bits per heavy atom. The first-order chi connectivity index (χ1) is 10.9. The molecule has 0 radical (unpaired) electrons. The zero-order valence-corrected chi connectivity index (χ0v) is 12.9. The summed E-state index contributed by atoms with van der Waals surface area (Å²) in [5, 5.41) is 23.5. The van der Waals surface area contributed by atoms with Crippen molar-refractivity contribution in [3.63, 3.8) is 0 Å². The van der Waals surface area contributed by atoms with Crippen LogP contribution in [0.15, 0.2) is 6.20 Å². The number of amides is 1. The van der Waals surface area contributed by atoms with Crippen molar-refractivity contribution in [2.75, 3.05) is 24.1 Å². The summed E-state index contributed by atoms with van der Waals surface area (Å²) in [7, 11) is 0. The number of nitro groups is 1. The molecule has 1 aliphatic carbocycles. The van der Waals surface area contributed by atoms with Crippen LogP contribution in [-0.2, 0) is 0 Å². The van der Waals surface area contributed by atoms with E-state index in [-0.39, 0.29) is 40.1 Å². The van der Waals surface area contributed by atoms with Crippen LogP contribution in [0.2, 0.25) is 5.02 Å². The molecule has 2 fully saturated rings. The highest BCUT2D eigenvalue weighted by Crippen LogP contribution is 2.42. The van der Waals surface area contributed by atoms with Crippen molar-refractivity contribution in [2.45, 2.75) is 18.9 Å². The average Bonchev–Trinajstić information content (AvgIpc) is 3.00. The summed E-state index contributed by atoms with van der Waals surface area (Å²) in [6.45, 7) is 1.01. The van der Waals surface area contributed by atoms with Gasteiger partial charge < -0.3 is 21.1 Å². The van der Waals surface area contributed by atoms with Crippen molar-refractivity contribution in [2.24, 2.45) is 11.8 Å². The molecule has 1 aromatic rings. The maximum Gasteiger partial charge on any atom is 0.407 e. The molecule has 0 bridgehead atoms. The van der Waals surface area contributed by atoms with Crippen molar-refractivity contribution in [1.29, 1.82) is 0 Å². The van der Waals surface area contributed by atoms with Crippen LogP contribution in [0.3, 0.4) is 0 Å². The Hall–Kier alpha value is -2.29. The molecule has 0 spiro atoms. The molecule has 1 aliphatic heterocycles. The lowest BCUT2D eigenvalue weighted by molar-refractivity contribution is -0.383. The Morgan fingerprint density at radius 1 is 1.48 bits per heavy atom. The molecular weight excluding hydrogens is 326 g/mol. The first kappa shape index (κ1) is 15.6. The van der Waals surface area contributed by atoms with Crippen LogP contribution in [0.25, 0.3) is 0 Å². The predicted octanol–water partition coefficient (Wildman–Crippen LogP) is 2.03. The Morgan fingerprint density at radius 2 is 2.09 bits per heavy atom. The van der Waals surface area contributed by atoms with Crippen molar-refractivity contribution in [3.05, 3.63) is 21.3 Å². The highest BCUT2D eigenvalue weighted by molar-refractivity contribution is 6.33.